The summed E-state index contributed by atoms with van der Waals surface area (Å²) in [6.07, 6.45) is 0. The van der Waals surface area contributed by atoms with E-state index in [2.05, 4.69) is 69.7 Å². The molecule has 0 aliphatic heterocycles. The van der Waals surface area contributed by atoms with Crippen LogP contribution in [0.5, 0.6) is 0 Å². The van der Waals surface area contributed by atoms with E-state index in [0.717, 1.165) is 38.9 Å². The lowest BCUT2D eigenvalue weighted by Gasteiger charge is -2.05. The second kappa shape index (κ2) is 7.73. The number of hydrogen-bond acceptors (Lipinski definition) is 6. The van der Waals surface area contributed by atoms with E-state index < -0.39 is 0 Å². The third-order valence-corrected chi connectivity index (χ3v) is 6.75. The van der Waals surface area contributed by atoms with Crippen LogP contribution >= 0.6 is 34.4 Å². The van der Waals surface area contributed by atoms with E-state index in [0.29, 0.717) is 0 Å². The van der Waals surface area contributed by atoms with Gasteiger partial charge < -0.3 is 4.57 Å². The highest BCUT2D eigenvalue weighted by atomic mass is 32.2. The van der Waals surface area contributed by atoms with Gasteiger partial charge in [0.15, 0.2) is 11.0 Å². The van der Waals surface area contributed by atoms with Crippen molar-refractivity contribution in [2.24, 2.45) is 0 Å². The highest BCUT2D eigenvalue weighted by Gasteiger charge is 2.14. The predicted octanol–water partition coefficient (Wildman–Crippen LogP) is 5.75. The number of rotatable bonds is 6. The molecule has 4 nitrogen and oxygen atoms in total. The Hall–Kier alpha value is -1.96. The second-order valence-corrected chi connectivity index (χ2v) is 8.58. The van der Waals surface area contributed by atoms with E-state index >= 15 is 0 Å². The average Bonchev–Trinajstić information content (AvgIpc) is 3.39. The van der Waals surface area contributed by atoms with Crippen LogP contribution in [-0.2, 0) is 12.3 Å². The first-order valence-corrected chi connectivity index (χ1v) is 11.1. The molecular weight excluding hydrogens is 380 g/mol. The highest BCUT2D eigenvalue weighted by Crippen LogP contribution is 2.30. The number of nitrogens with zero attached hydrogens (tertiary/aromatic N) is 4. The summed E-state index contributed by atoms with van der Waals surface area (Å²) in [6, 6.07) is 12.6. The maximum absolute atomic E-state index is 4.79. The number of aromatic nitrogens is 4. The predicted molar refractivity (Wildman–Crippen MR) is 111 cm³/mol. The second-order valence-electron chi connectivity index (χ2n) is 5.83. The van der Waals surface area contributed by atoms with Crippen molar-refractivity contribution in [1.29, 1.82) is 0 Å². The van der Waals surface area contributed by atoms with Crippen LogP contribution in [0.1, 0.15) is 18.2 Å². The van der Waals surface area contributed by atoms with E-state index in [9.17, 15) is 0 Å². The van der Waals surface area contributed by atoms with Crippen LogP contribution in [0.15, 0.2) is 52.3 Å². The number of aryl methyl sites for hydroxylation is 1. The van der Waals surface area contributed by atoms with Gasteiger partial charge in [-0.15, -0.1) is 32.9 Å². The van der Waals surface area contributed by atoms with Gasteiger partial charge in [-0.1, -0.05) is 41.6 Å². The Morgan fingerprint density at radius 1 is 1.12 bits per heavy atom. The summed E-state index contributed by atoms with van der Waals surface area (Å²) in [5, 5.41) is 15.0. The Kier molecular flexibility index (Phi) is 5.19. The highest BCUT2D eigenvalue weighted by molar-refractivity contribution is 7.98. The van der Waals surface area contributed by atoms with Gasteiger partial charge in [0, 0.05) is 23.2 Å². The molecule has 0 atom stereocenters. The third kappa shape index (κ3) is 3.60. The number of benzene rings is 1. The quantitative estimate of drug-likeness (QED) is 0.388. The van der Waals surface area contributed by atoms with E-state index in [1.165, 1.54) is 11.1 Å². The van der Waals surface area contributed by atoms with Crippen molar-refractivity contribution >= 4 is 34.4 Å². The van der Waals surface area contributed by atoms with Crippen LogP contribution in [0.25, 0.3) is 21.3 Å². The number of thioether (sulfide) groups is 1. The first-order valence-electron chi connectivity index (χ1n) is 8.36. The Morgan fingerprint density at radius 3 is 2.81 bits per heavy atom. The van der Waals surface area contributed by atoms with Gasteiger partial charge in [-0.2, -0.15) is 0 Å². The van der Waals surface area contributed by atoms with Crippen molar-refractivity contribution in [1.82, 2.24) is 19.7 Å². The van der Waals surface area contributed by atoms with E-state index in [-0.39, 0.29) is 0 Å². The van der Waals surface area contributed by atoms with Crippen LogP contribution in [0.4, 0.5) is 0 Å². The summed E-state index contributed by atoms with van der Waals surface area (Å²) in [4.78, 5) is 5.95. The smallest absolute Gasteiger partial charge is 0.191 e. The molecule has 26 heavy (non-hydrogen) atoms. The molecule has 0 saturated carbocycles. The molecular formula is C19H18N4S3. The minimum absolute atomic E-state index is 0.797. The monoisotopic (exact) mass is 398 g/mol. The summed E-state index contributed by atoms with van der Waals surface area (Å²) in [7, 11) is 0. The first-order chi connectivity index (χ1) is 12.7. The maximum atomic E-state index is 4.79. The zero-order valence-corrected chi connectivity index (χ0v) is 17.0. The lowest BCUT2D eigenvalue weighted by molar-refractivity contribution is 0.688. The topological polar surface area (TPSA) is 43.6 Å². The van der Waals surface area contributed by atoms with Crippen LogP contribution in [0, 0.1) is 6.92 Å². The average molecular weight is 399 g/mol. The van der Waals surface area contributed by atoms with Gasteiger partial charge in [-0.05, 0) is 31.4 Å². The van der Waals surface area contributed by atoms with Gasteiger partial charge in [0.2, 0.25) is 0 Å². The molecule has 4 aromatic rings. The third-order valence-electron chi connectivity index (χ3n) is 3.94. The summed E-state index contributed by atoms with van der Waals surface area (Å²) in [6.45, 7) is 5.09. The molecule has 3 aromatic heterocycles. The summed E-state index contributed by atoms with van der Waals surface area (Å²) >= 11 is 5.08. The van der Waals surface area contributed by atoms with Crippen LogP contribution in [0.3, 0.4) is 0 Å². The summed E-state index contributed by atoms with van der Waals surface area (Å²) in [5.74, 6) is 1.74. The standard InChI is InChI=1S/C19H18N4S3/c1-3-23-17(16-8-5-9-24-16)21-22-19(23)26-12-15-11-25-18(20-15)14-7-4-6-13(2)10-14/h4-11H,3,12H2,1-2H3. The van der Waals surface area contributed by atoms with Gasteiger partial charge in [0.05, 0.1) is 10.6 Å². The zero-order valence-electron chi connectivity index (χ0n) is 14.5. The molecule has 4 rings (SSSR count). The Morgan fingerprint density at radius 2 is 2.04 bits per heavy atom. The lowest BCUT2D eigenvalue weighted by atomic mass is 10.1. The molecule has 0 spiro atoms. The van der Waals surface area contributed by atoms with Crippen molar-refractivity contribution in [2.45, 2.75) is 31.3 Å². The first kappa shape index (κ1) is 17.5. The van der Waals surface area contributed by atoms with Gasteiger partial charge >= 0.3 is 0 Å². The fourth-order valence-corrected chi connectivity index (χ4v) is 5.23. The van der Waals surface area contributed by atoms with E-state index in [4.69, 9.17) is 4.98 Å². The fraction of sp³-hybridized carbons (Fsp3) is 0.211. The molecule has 0 aliphatic carbocycles. The Bertz CT molecular complexity index is 1000. The minimum atomic E-state index is 0.797. The van der Waals surface area contributed by atoms with Crippen LogP contribution < -0.4 is 0 Å². The summed E-state index contributed by atoms with van der Waals surface area (Å²) < 4.78 is 2.17. The fourth-order valence-electron chi connectivity index (χ4n) is 2.69. The molecule has 0 bridgehead atoms. The van der Waals surface area contributed by atoms with E-state index in [1.54, 1.807) is 34.4 Å². The number of thiazole rings is 1. The molecule has 1 aromatic carbocycles. The molecule has 7 heteroatoms. The summed E-state index contributed by atoms with van der Waals surface area (Å²) in [5.41, 5.74) is 3.52. The Labute approximate surface area is 165 Å². The molecule has 3 heterocycles. The van der Waals surface area contributed by atoms with Gasteiger partial charge in [0.1, 0.15) is 5.01 Å². The molecule has 0 N–H and O–H groups in total. The van der Waals surface area contributed by atoms with Gasteiger partial charge in [-0.3, -0.25) is 0 Å². The van der Waals surface area contributed by atoms with Gasteiger partial charge in [0.25, 0.3) is 0 Å². The SMILES string of the molecule is CCn1c(SCc2csc(-c3cccc(C)c3)n2)nnc1-c1cccs1. The van der Waals surface area contributed by atoms with Crippen molar-refractivity contribution in [3.8, 4) is 21.3 Å². The normalized spacial score (nSPS) is 11.2. The van der Waals surface area contributed by atoms with Gasteiger partial charge in [-0.25, -0.2) is 4.98 Å². The maximum Gasteiger partial charge on any atom is 0.191 e. The molecule has 132 valence electrons. The minimum Gasteiger partial charge on any atom is -0.302 e. The van der Waals surface area contributed by atoms with Crippen molar-refractivity contribution < 1.29 is 0 Å². The van der Waals surface area contributed by atoms with Crippen LogP contribution in [0.2, 0.25) is 0 Å². The molecule has 0 radical (unpaired) electrons. The largest absolute Gasteiger partial charge is 0.302 e. The molecule has 0 saturated heterocycles. The lowest BCUT2D eigenvalue weighted by Crippen LogP contribution is -1.99. The van der Waals surface area contributed by atoms with Crippen molar-refractivity contribution in [3.63, 3.8) is 0 Å². The Balaban J connectivity index is 1.50. The number of thiophene rings is 1. The molecule has 0 fully saturated rings. The van der Waals surface area contributed by atoms with E-state index in [1.807, 2.05) is 6.07 Å². The van der Waals surface area contributed by atoms with Crippen molar-refractivity contribution in [3.05, 3.63) is 58.4 Å². The number of hydrogen-bond donors (Lipinski definition) is 0. The molecule has 0 amide bonds. The van der Waals surface area contributed by atoms with Crippen LogP contribution in [-0.4, -0.2) is 19.7 Å². The van der Waals surface area contributed by atoms with Crippen molar-refractivity contribution in [2.75, 3.05) is 0 Å². The molecule has 0 aliphatic rings. The molecule has 0 unspecified atom stereocenters. The zero-order chi connectivity index (χ0) is 17.9.